The Morgan fingerprint density at radius 3 is 2.32 bits per heavy atom. The molecule has 0 aliphatic carbocycles. The van der Waals surface area contributed by atoms with Gasteiger partial charge in [-0.2, -0.15) is 5.10 Å². The van der Waals surface area contributed by atoms with E-state index in [1.807, 2.05) is 0 Å². The van der Waals surface area contributed by atoms with Gasteiger partial charge in [0.1, 0.15) is 16.4 Å². The number of methoxy groups -OCH3 is 2. The fourth-order valence-corrected chi connectivity index (χ4v) is 4.52. The molecule has 0 aliphatic rings. The minimum Gasteiger partial charge on any atom is -0.497 e. The number of sulfonamides is 1. The Hall–Kier alpha value is -2.71. The molecule has 0 radical (unpaired) electrons. The molecule has 28 heavy (non-hydrogen) atoms. The van der Waals surface area contributed by atoms with Crippen LogP contribution in [0.25, 0.3) is 5.69 Å². The quantitative estimate of drug-likeness (QED) is 0.651. The van der Waals surface area contributed by atoms with Gasteiger partial charge >= 0.3 is 0 Å². The van der Waals surface area contributed by atoms with Crippen molar-refractivity contribution in [3.05, 3.63) is 58.9 Å². The van der Waals surface area contributed by atoms with Crippen molar-refractivity contribution in [2.24, 2.45) is 0 Å². The number of halogens is 1. The molecule has 0 fully saturated rings. The molecule has 0 unspecified atom stereocenters. The summed E-state index contributed by atoms with van der Waals surface area (Å²) in [5, 5.41) is 4.98. The van der Waals surface area contributed by atoms with Gasteiger partial charge < -0.3 is 9.47 Å². The van der Waals surface area contributed by atoms with Gasteiger partial charge in [-0.3, -0.25) is 4.72 Å². The summed E-state index contributed by atoms with van der Waals surface area (Å²) in [6.45, 7) is 3.35. The predicted molar refractivity (Wildman–Crippen MR) is 108 cm³/mol. The molecule has 2 aromatic carbocycles. The fourth-order valence-electron chi connectivity index (χ4n) is 2.94. The fraction of sp³-hybridized carbons (Fsp3) is 0.211. The van der Waals surface area contributed by atoms with Crippen molar-refractivity contribution in [1.29, 1.82) is 0 Å². The maximum atomic E-state index is 13.1. The van der Waals surface area contributed by atoms with Crippen LogP contribution in [-0.2, 0) is 10.0 Å². The minimum atomic E-state index is -3.92. The average Bonchev–Trinajstić information content (AvgIpc) is 2.97. The first-order valence-corrected chi connectivity index (χ1v) is 10.2. The molecule has 7 nitrogen and oxygen atoms in total. The molecule has 0 atom stereocenters. The molecule has 0 saturated heterocycles. The molecule has 0 spiro atoms. The molecule has 3 rings (SSSR count). The van der Waals surface area contributed by atoms with Crippen molar-refractivity contribution in [2.45, 2.75) is 18.7 Å². The smallest absolute Gasteiger partial charge is 0.265 e. The zero-order valence-electron chi connectivity index (χ0n) is 15.9. The molecule has 0 amide bonds. The van der Waals surface area contributed by atoms with Crippen LogP contribution in [0.3, 0.4) is 0 Å². The molecule has 0 aliphatic heterocycles. The van der Waals surface area contributed by atoms with E-state index in [2.05, 4.69) is 9.82 Å². The standard InChI is InChI=1S/C19H20ClN3O4S/c1-12-19(13(2)23(21-12)15-7-5-14(20)6-8-15)28(24,25)22-17-11-16(26-3)9-10-18(17)27-4/h5-11,22H,1-4H3. The summed E-state index contributed by atoms with van der Waals surface area (Å²) in [4.78, 5) is 0.104. The van der Waals surface area contributed by atoms with E-state index in [1.54, 1.807) is 61.0 Å². The Labute approximate surface area is 168 Å². The van der Waals surface area contributed by atoms with E-state index < -0.39 is 10.0 Å². The Balaban J connectivity index is 2.05. The normalized spacial score (nSPS) is 11.3. The number of nitrogens with one attached hydrogen (secondary N) is 1. The van der Waals surface area contributed by atoms with Crippen molar-refractivity contribution in [1.82, 2.24) is 9.78 Å². The molecule has 3 aromatic rings. The number of nitrogens with zero attached hydrogens (tertiary/aromatic N) is 2. The van der Waals surface area contributed by atoms with Gasteiger partial charge in [0.2, 0.25) is 0 Å². The van der Waals surface area contributed by atoms with Crippen LogP contribution in [0.15, 0.2) is 47.4 Å². The van der Waals surface area contributed by atoms with Crippen LogP contribution in [0, 0.1) is 13.8 Å². The summed E-state index contributed by atoms with van der Waals surface area (Å²) in [6, 6.07) is 11.9. The molecule has 0 saturated carbocycles. The van der Waals surface area contributed by atoms with Crippen molar-refractivity contribution < 1.29 is 17.9 Å². The first-order chi connectivity index (χ1) is 13.3. The monoisotopic (exact) mass is 421 g/mol. The third-order valence-electron chi connectivity index (χ3n) is 4.22. The van der Waals surface area contributed by atoms with Crippen molar-refractivity contribution in [3.8, 4) is 17.2 Å². The van der Waals surface area contributed by atoms with Gasteiger partial charge in [-0.25, -0.2) is 13.1 Å². The zero-order valence-corrected chi connectivity index (χ0v) is 17.4. The summed E-state index contributed by atoms with van der Waals surface area (Å²) < 4.78 is 40.8. The second kappa shape index (κ2) is 7.73. The third-order valence-corrected chi connectivity index (χ3v) is 6.08. The number of ether oxygens (including phenoxy) is 2. The molecule has 9 heteroatoms. The van der Waals surface area contributed by atoms with Crippen LogP contribution in [0.2, 0.25) is 5.02 Å². The van der Waals surface area contributed by atoms with Crippen LogP contribution in [0.4, 0.5) is 5.69 Å². The number of aryl methyl sites for hydroxylation is 1. The van der Waals surface area contributed by atoms with E-state index in [0.717, 1.165) is 0 Å². The number of aromatic nitrogens is 2. The summed E-state index contributed by atoms with van der Waals surface area (Å²) in [5.41, 5.74) is 1.85. The third kappa shape index (κ3) is 3.79. The van der Waals surface area contributed by atoms with Crippen LogP contribution >= 0.6 is 11.6 Å². The predicted octanol–water partition coefficient (Wildman–Crippen LogP) is 3.96. The highest BCUT2D eigenvalue weighted by molar-refractivity contribution is 7.92. The second-order valence-corrected chi connectivity index (χ2v) is 8.12. The van der Waals surface area contributed by atoms with E-state index in [0.29, 0.717) is 33.6 Å². The summed E-state index contributed by atoms with van der Waals surface area (Å²) in [5.74, 6) is 0.883. The average molecular weight is 422 g/mol. The number of rotatable bonds is 6. The van der Waals surface area contributed by atoms with Gasteiger partial charge in [-0.05, 0) is 50.2 Å². The molecule has 1 heterocycles. The Morgan fingerprint density at radius 2 is 1.71 bits per heavy atom. The van der Waals surface area contributed by atoms with Crippen LogP contribution in [0.5, 0.6) is 11.5 Å². The van der Waals surface area contributed by atoms with Crippen LogP contribution < -0.4 is 14.2 Å². The van der Waals surface area contributed by atoms with E-state index in [1.165, 1.54) is 14.2 Å². The summed E-state index contributed by atoms with van der Waals surface area (Å²) in [7, 11) is -0.951. The molecule has 0 bridgehead atoms. The maximum absolute atomic E-state index is 13.1. The Bertz CT molecular complexity index is 1110. The zero-order chi connectivity index (χ0) is 20.5. The van der Waals surface area contributed by atoms with Gasteiger partial charge in [-0.1, -0.05) is 11.6 Å². The molecule has 148 valence electrons. The van der Waals surface area contributed by atoms with Gasteiger partial charge in [0.15, 0.2) is 0 Å². The van der Waals surface area contributed by atoms with Gasteiger partial charge in [0, 0.05) is 11.1 Å². The Morgan fingerprint density at radius 1 is 1.04 bits per heavy atom. The van der Waals surface area contributed by atoms with Crippen molar-refractivity contribution in [2.75, 3.05) is 18.9 Å². The SMILES string of the molecule is COc1ccc(OC)c(NS(=O)(=O)c2c(C)nn(-c3ccc(Cl)cc3)c2C)c1. The van der Waals surface area contributed by atoms with Crippen LogP contribution in [0.1, 0.15) is 11.4 Å². The van der Waals surface area contributed by atoms with Gasteiger partial charge in [0.25, 0.3) is 10.0 Å². The van der Waals surface area contributed by atoms with Crippen molar-refractivity contribution in [3.63, 3.8) is 0 Å². The van der Waals surface area contributed by atoms with E-state index in [-0.39, 0.29) is 10.6 Å². The lowest BCUT2D eigenvalue weighted by Gasteiger charge is -2.13. The summed E-state index contributed by atoms with van der Waals surface area (Å²) >= 11 is 5.93. The van der Waals surface area contributed by atoms with Gasteiger partial charge in [-0.15, -0.1) is 0 Å². The number of benzene rings is 2. The highest BCUT2D eigenvalue weighted by atomic mass is 35.5. The first kappa shape index (κ1) is 20.0. The lowest BCUT2D eigenvalue weighted by molar-refractivity contribution is 0.405. The second-order valence-electron chi connectivity index (χ2n) is 6.06. The van der Waals surface area contributed by atoms with E-state index >= 15 is 0 Å². The Kier molecular flexibility index (Phi) is 5.53. The number of hydrogen-bond acceptors (Lipinski definition) is 5. The van der Waals surface area contributed by atoms with Crippen molar-refractivity contribution >= 4 is 27.3 Å². The van der Waals surface area contributed by atoms with Crippen LogP contribution in [-0.4, -0.2) is 32.4 Å². The lowest BCUT2D eigenvalue weighted by Crippen LogP contribution is -2.15. The minimum absolute atomic E-state index is 0.104. The van der Waals surface area contributed by atoms with E-state index in [4.69, 9.17) is 21.1 Å². The number of hydrogen-bond donors (Lipinski definition) is 1. The molecule has 1 aromatic heterocycles. The highest BCUT2D eigenvalue weighted by Crippen LogP contribution is 2.32. The molecular weight excluding hydrogens is 402 g/mol. The summed E-state index contributed by atoms with van der Waals surface area (Å²) in [6.07, 6.45) is 0. The van der Waals surface area contributed by atoms with E-state index in [9.17, 15) is 8.42 Å². The number of anilines is 1. The first-order valence-electron chi connectivity index (χ1n) is 8.34. The maximum Gasteiger partial charge on any atom is 0.265 e. The molecule has 1 N–H and O–H groups in total. The lowest BCUT2D eigenvalue weighted by atomic mass is 10.3. The van der Waals surface area contributed by atoms with Gasteiger partial charge in [0.05, 0.1) is 37.0 Å². The topological polar surface area (TPSA) is 82.4 Å². The highest BCUT2D eigenvalue weighted by Gasteiger charge is 2.26. The molecular formula is C19H20ClN3O4S. The largest absolute Gasteiger partial charge is 0.497 e.